The molecule has 0 aliphatic carbocycles. The number of sulfone groups is 1. The molecule has 2 aromatic carbocycles. The van der Waals surface area contributed by atoms with E-state index in [1.54, 1.807) is 0 Å². The van der Waals surface area contributed by atoms with Crippen LogP contribution >= 0.6 is 0 Å². The Labute approximate surface area is 174 Å². The van der Waals surface area contributed by atoms with Crippen LogP contribution in [0.4, 0.5) is 0 Å². The van der Waals surface area contributed by atoms with Crippen molar-refractivity contribution >= 4 is 9.84 Å². The highest BCUT2D eigenvalue weighted by Gasteiger charge is 2.33. The SMILES string of the molecule is CCc1ccc(CN(CC(O)COc2cccc(C)c2)C2CCS(=O)(=O)C2)cc1. The molecule has 2 atom stereocenters. The smallest absolute Gasteiger partial charge is 0.151 e. The van der Waals surface area contributed by atoms with Crippen molar-refractivity contribution in [2.24, 2.45) is 0 Å². The largest absolute Gasteiger partial charge is 0.491 e. The number of nitrogens with zero attached hydrogens (tertiary/aromatic N) is 1. The van der Waals surface area contributed by atoms with Gasteiger partial charge in [0.25, 0.3) is 0 Å². The summed E-state index contributed by atoms with van der Waals surface area (Å²) in [6.07, 6.45) is 0.898. The predicted octanol–water partition coefficient (Wildman–Crippen LogP) is 2.99. The van der Waals surface area contributed by atoms with Crippen LogP contribution < -0.4 is 4.74 Å². The van der Waals surface area contributed by atoms with Crippen molar-refractivity contribution in [1.82, 2.24) is 4.90 Å². The molecule has 0 spiro atoms. The molecule has 0 amide bonds. The summed E-state index contributed by atoms with van der Waals surface area (Å²) in [4.78, 5) is 2.09. The highest BCUT2D eigenvalue weighted by atomic mass is 32.2. The summed E-state index contributed by atoms with van der Waals surface area (Å²) >= 11 is 0. The van der Waals surface area contributed by atoms with E-state index < -0.39 is 15.9 Å². The Bertz CT molecular complexity index is 895. The lowest BCUT2D eigenvalue weighted by Crippen LogP contribution is -2.42. The van der Waals surface area contributed by atoms with Crippen molar-refractivity contribution in [2.75, 3.05) is 24.7 Å². The topological polar surface area (TPSA) is 66.8 Å². The molecule has 5 nitrogen and oxygen atoms in total. The van der Waals surface area contributed by atoms with E-state index in [1.165, 1.54) is 5.56 Å². The zero-order valence-corrected chi connectivity index (χ0v) is 18.1. The van der Waals surface area contributed by atoms with Crippen LogP contribution in [0.2, 0.25) is 0 Å². The van der Waals surface area contributed by atoms with Gasteiger partial charge in [0.15, 0.2) is 9.84 Å². The fourth-order valence-corrected chi connectivity index (χ4v) is 5.50. The maximum atomic E-state index is 12.0. The second-order valence-corrected chi connectivity index (χ2v) is 10.2. The molecule has 1 heterocycles. The van der Waals surface area contributed by atoms with Crippen LogP contribution in [-0.4, -0.2) is 55.2 Å². The van der Waals surface area contributed by atoms with Gasteiger partial charge in [-0.1, -0.05) is 43.3 Å². The quantitative estimate of drug-likeness (QED) is 0.679. The van der Waals surface area contributed by atoms with Gasteiger partial charge in [-0.05, 0) is 48.6 Å². The third kappa shape index (κ3) is 6.56. The summed E-state index contributed by atoms with van der Waals surface area (Å²) < 4.78 is 29.7. The molecule has 1 aliphatic rings. The highest BCUT2D eigenvalue weighted by Crippen LogP contribution is 2.21. The van der Waals surface area contributed by atoms with Crippen LogP contribution in [0.25, 0.3) is 0 Å². The summed E-state index contributed by atoms with van der Waals surface area (Å²) in [5, 5.41) is 10.6. The number of aryl methyl sites for hydroxylation is 2. The van der Waals surface area contributed by atoms with Gasteiger partial charge in [0.05, 0.1) is 11.5 Å². The Hall–Kier alpha value is -1.89. The molecule has 0 saturated carbocycles. The number of aliphatic hydroxyl groups excluding tert-OH is 1. The average Bonchev–Trinajstić information content (AvgIpc) is 3.06. The van der Waals surface area contributed by atoms with E-state index in [0.717, 1.165) is 23.3 Å². The van der Waals surface area contributed by atoms with Gasteiger partial charge in [-0.2, -0.15) is 0 Å². The van der Waals surface area contributed by atoms with Crippen LogP contribution in [0.3, 0.4) is 0 Å². The lowest BCUT2D eigenvalue weighted by atomic mass is 10.1. The van der Waals surface area contributed by atoms with Crippen LogP contribution in [0.15, 0.2) is 48.5 Å². The lowest BCUT2D eigenvalue weighted by molar-refractivity contribution is 0.0524. The Kier molecular flexibility index (Phi) is 7.33. The zero-order chi connectivity index (χ0) is 20.9. The minimum atomic E-state index is -2.99. The van der Waals surface area contributed by atoms with Crippen molar-refractivity contribution in [3.8, 4) is 5.75 Å². The van der Waals surface area contributed by atoms with Gasteiger partial charge in [-0.25, -0.2) is 8.42 Å². The van der Waals surface area contributed by atoms with Gasteiger partial charge in [0.1, 0.15) is 18.5 Å². The summed E-state index contributed by atoms with van der Waals surface area (Å²) in [6, 6.07) is 16.0. The zero-order valence-electron chi connectivity index (χ0n) is 17.3. The van der Waals surface area contributed by atoms with E-state index >= 15 is 0 Å². The monoisotopic (exact) mass is 417 g/mol. The Morgan fingerprint density at radius 1 is 1.17 bits per heavy atom. The third-order valence-corrected chi connectivity index (χ3v) is 7.17. The first kappa shape index (κ1) is 21.8. The van der Waals surface area contributed by atoms with E-state index in [4.69, 9.17) is 4.74 Å². The van der Waals surface area contributed by atoms with Gasteiger partial charge in [0, 0.05) is 19.1 Å². The molecule has 3 rings (SSSR count). The Morgan fingerprint density at radius 3 is 2.52 bits per heavy atom. The van der Waals surface area contributed by atoms with E-state index in [9.17, 15) is 13.5 Å². The molecule has 0 bridgehead atoms. The van der Waals surface area contributed by atoms with E-state index in [2.05, 4.69) is 36.1 Å². The van der Waals surface area contributed by atoms with Crippen molar-refractivity contribution in [2.45, 2.75) is 45.4 Å². The molecule has 158 valence electrons. The molecule has 29 heavy (non-hydrogen) atoms. The summed E-state index contributed by atoms with van der Waals surface area (Å²) in [5.41, 5.74) is 3.50. The molecule has 1 N–H and O–H groups in total. The number of aliphatic hydroxyl groups is 1. The molecule has 2 aromatic rings. The fourth-order valence-electron chi connectivity index (χ4n) is 3.74. The van der Waals surface area contributed by atoms with E-state index in [1.807, 2.05) is 31.2 Å². The van der Waals surface area contributed by atoms with Crippen molar-refractivity contribution < 1.29 is 18.3 Å². The molecule has 1 fully saturated rings. The number of hydrogen-bond donors (Lipinski definition) is 1. The molecule has 1 saturated heterocycles. The van der Waals surface area contributed by atoms with E-state index in [0.29, 0.717) is 19.5 Å². The minimum Gasteiger partial charge on any atom is -0.491 e. The second-order valence-electron chi connectivity index (χ2n) is 7.94. The Morgan fingerprint density at radius 2 is 1.90 bits per heavy atom. The normalized spacial score (nSPS) is 19.4. The van der Waals surface area contributed by atoms with Gasteiger partial charge in [-0.3, -0.25) is 4.90 Å². The number of hydrogen-bond acceptors (Lipinski definition) is 5. The summed E-state index contributed by atoms with van der Waals surface area (Å²) in [6.45, 7) is 5.28. The maximum absolute atomic E-state index is 12.0. The maximum Gasteiger partial charge on any atom is 0.151 e. The van der Waals surface area contributed by atoms with Crippen LogP contribution in [0.5, 0.6) is 5.75 Å². The number of rotatable bonds is 9. The number of benzene rings is 2. The van der Waals surface area contributed by atoms with Crippen molar-refractivity contribution in [3.05, 3.63) is 65.2 Å². The third-order valence-electron chi connectivity index (χ3n) is 5.42. The predicted molar refractivity (Wildman–Crippen MR) is 116 cm³/mol. The summed E-state index contributed by atoms with van der Waals surface area (Å²) in [5.74, 6) is 1.11. The highest BCUT2D eigenvalue weighted by molar-refractivity contribution is 7.91. The first-order valence-corrected chi connectivity index (χ1v) is 12.1. The molecule has 6 heteroatoms. The van der Waals surface area contributed by atoms with Gasteiger partial charge in [0.2, 0.25) is 0 Å². The molecule has 2 unspecified atom stereocenters. The van der Waals surface area contributed by atoms with Crippen LogP contribution in [0.1, 0.15) is 30.0 Å². The first-order chi connectivity index (χ1) is 13.8. The lowest BCUT2D eigenvalue weighted by Gasteiger charge is -2.30. The van der Waals surface area contributed by atoms with Crippen molar-refractivity contribution in [3.63, 3.8) is 0 Å². The molecule has 1 aliphatic heterocycles. The van der Waals surface area contributed by atoms with Crippen LogP contribution in [-0.2, 0) is 22.8 Å². The van der Waals surface area contributed by atoms with Gasteiger partial charge >= 0.3 is 0 Å². The molecule has 0 aromatic heterocycles. The molecular weight excluding hydrogens is 386 g/mol. The Balaban J connectivity index is 1.65. The van der Waals surface area contributed by atoms with E-state index in [-0.39, 0.29) is 24.2 Å². The second kappa shape index (κ2) is 9.74. The minimum absolute atomic E-state index is 0.0699. The molecular formula is C23H31NO4S. The van der Waals surface area contributed by atoms with Gasteiger partial charge < -0.3 is 9.84 Å². The fraction of sp³-hybridized carbons (Fsp3) is 0.478. The number of ether oxygens (including phenoxy) is 1. The first-order valence-electron chi connectivity index (χ1n) is 10.2. The average molecular weight is 418 g/mol. The molecule has 0 radical (unpaired) electrons. The van der Waals surface area contributed by atoms with Crippen molar-refractivity contribution in [1.29, 1.82) is 0 Å². The summed E-state index contributed by atoms with van der Waals surface area (Å²) in [7, 11) is -2.99. The van der Waals surface area contributed by atoms with Gasteiger partial charge in [-0.15, -0.1) is 0 Å². The standard InChI is InChI=1S/C23H31NO4S/c1-3-19-7-9-20(10-8-19)14-24(21-11-12-29(26,27)17-21)15-22(25)16-28-23-6-4-5-18(2)13-23/h4-10,13,21-22,25H,3,11-12,14-17H2,1-2H3. The van der Waals surface area contributed by atoms with Crippen LogP contribution in [0, 0.1) is 6.92 Å².